The van der Waals surface area contributed by atoms with Gasteiger partial charge in [0.2, 0.25) is 0 Å². The summed E-state index contributed by atoms with van der Waals surface area (Å²) in [4.78, 5) is 37.5. The van der Waals surface area contributed by atoms with Crippen molar-refractivity contribution in [2.75, 3.05) is 24.6 Å². The molecule has 30 heavy (non-hydrogen) atoms. The molecule has 2 aliphatic rings. The van der Waals surface area contributed by atoms with E-state index in [1.807, 2.05) is 4.90 Å². The van der Waals surface area contributed by atoms with E-state index in [0.29, 0.717) is 18.5 Å². The van der Waals surface area contributed by atoms with Gasteiger partial charge in [-0.25, -0.2) is 4.79 Å². The lowest BCUT2D eigenvalue weighted by Gasteiger charge is -2.31. The van der Waals surface area contributed by atoms with Gasteiger partial charge in [0.15, 0.2) is 6.61 Å². The van der Waals surface area contributed by atoms with Crippen molar-refractivity contribution in [3.63, 3.8) is 0 Å². The maximum atomic E-state index is 12.3. The highest BCUT2D eigenvalue weighted by Gasteiger charge is 2.33. The maximum Gasteiger partial charge on any atom is 0.338 e. The van der Waals surface area contributed by atoms with Gasteiger partial charge in [-0.3, -0.25) is 14.9 Å². The van der Waals surface area contributed by atoms with Crippen LogP contribution in [0.4, 0.5) is 11.4 Å². The maximum absolute atomic E-state index is 12.3. The second kappa shape index (κ2) is 9.57. The number of benzene rings is 1. The van der Waals surface area contributed by atoms with Crippen molar-refractivity contribution in [2.45, 2.75) is 56.9 Å². The van der Waals surface area contributed by atoms with Crippen LogP contribution in [0.2, 0.25) is 0 Å². The van der Waals surface area contributed by atoms with Gasteiger partial charge in [-0.2, -0.15) is 5.26 Å². The summed E-state index contributed by atoms with van der Waals surface area (Å²) >= 11 is 0. The van der Waals surface area contributed by atoms with Crippen molar-refractivity contribution >= 4 is 23.3 Å². The molecule has 1 N–H and O–H groups in total. The van der Waals surface area contributed by atoms with Crippen LogP contribution in [-0.4, -0.2) is 42.0 Å². The molecular weight excluding hydrogens is 388 g/mol. The highest BCUT2D eigenvalue weighted by atomic mass is 16.6. The van der Waals surface area contributed by atoms with Crippen molar-refractivity contribution in [1.82, 2.24) is 5.32 Å². The van der Waals surface area contributed by atoms with E-state index in [9.17, 15) is 25.0 Å². The molecule has 9 heteroatoms. The molecule has 2 fully saturated rings. The molecule has 1 aromatic carbocycles. The number of hydrogen-bond donors (Lipinski definition) is 1. The molecule has 1 saturated carbocycles. The van der Waals surface area contributed by atoms with Gasteiger partial charge in [-0.15, -0.1) is 0 Å². The van der Waals surface area contributed by atoms with E-state index in [0.717, 1.165) is 51.6 Å². The Kier molecular flexibility index (Phi) is 6.87. The lowest BCUT2D eigenvalue weighted by atomic mass is 9.83. The minimum atomic E-state index is -0.906. The first-order valence-electron chi connectivity index (χ1n) is 10.4. The third-order valence-electron chi connectivity index (χ3n) is 5.74. The molecule has 1 amide bonds. The molecule has 1 aromatic rings. The lowest BCUT2D eigenvalue weighted by molar-refractivity contribution is -0.384. The van der Waals surface area contributed by atoms with Gasteiger partial charge in [0.1, 0.15) is 11.2 Å². The third kappa shape index (κ3) is 5.06. The molecule has 1 aliphatic carbocycles. The highest BCUT2D eigenvalue weighted by Crippen LogP contribution is 2.31. The predicted molar refractivity (Wildman–Crippen MR) is 109 cm³/mol. The summed E-state index contributed by atoms with van der Waals surface area (Å²) < 4.78 is 5.04. The molecule has 0 atom stereocenters. The molecule has 0 spiro atoms. The number of anilines is 1. The minimum Gasteiger partial charge on any atom is -0.452 e. The fourth-order valence-corrected chi connectivity index (χ4v) is 4.14. The van der Waals surface area contributed by atoms with Crippen LogP contribution < -0.4 is 10.2 Å². The van der Waals surface area contributed by atoms with E-state index < -0.39 is 28.9 Å². The van der Waals surface area contributed by atoms with Gasteiger partial charge < -0.3 is 15.0 Å². The molecule has 0 radical (unpaired) electrons. The Morgan fingerprint density at radius 2 is 1.83 bits per heavy atom. The Morgan fingerprint density at radius 3 is 2.47 bits per heavy atom. The van der Waals surface area contributed by atoms with E-state index in [1.54, 1.807) is 6.07 Å². The van der Waals surface area contributed by atoms with Crippen LogP contribution in [0.25, 0.3) is 0 Å². The normalized spacial score (nSPS) is 18.2. The zero-order chi connectivity index (χ0) is 21.6. The van der Waals surface area contributed by atoms with E-state index in [4.69, 9.17) is 4.74 Å². The number of nitro benzene ring substituents is 1. The number of amides is 1. The summed E-state index contributed by atoms with van der Waals surface area (Å²) in [5.74, 6) is -1.36. The molecule has 0 bridgehead atoms. The summed E-state index contributed by atoms with van der Waals surface area (Å²) in [6, 6.07) is 6.41. The van der Waals surface area contributed by atoms with Crippen LogP contribution in [-0.2, 0) is 9.53 Å². The third-order valence-corrected chi connectivity index (χ3v) is 5.74. The molecule has 1 heterocycles. The molecule has 1 saturated heterocycles. The van der Waals surface area contributed by atoms with E-state index >= 15 is 0 Å². The molecule has 1 aliphatic heterocycles. The number of hydrogen-bond acceptors (Lipinski definition) is 7. The Hall–Kier alpha value is -3.15. The van der Waals surface area contributed by atoms with Crippen LogP contribution >= 0.6 is 0 Å². The Morgan fingerprint density at radius 1 is 1.17 bits per heavy atom. The number of nitrogens with one attached hydrogen (secondary N) is 1. The number of nitrogens with zero attached hydrogens (tertiary/aromatic N) is 3. The van der Waals surface area contributed by atoms with Crippen LogP contribution in [0.5, 0.6) is 0 Å². The topological polar surface area (TPSA) is 126 Å². The molecule has 160 valence electrons. The molecule has 9 nitrogen and oxygen atoms in total. The minimum absolute atomic E-state index is 0.0166. The summed E-state index contributed by atoms with van der Waals surface area (Å²) in [5.41, 5.74) is -0.553. The Labute approximate surface area is 175 Å². The molecule has 3 rings (SSSR count). The Balaban J connectivity index is 1.63. The average Bonchev–Trinajstić information content (AvgIpc) is 2.78. The quantitative estimate of drug-likeness (QED) is 0.431. The Bertz CT molecular complexity index is 851. The number of carbonyl (C=O) groups is 2. The lowest BCUT2D eigenvalue weighted by Crippen LogP contribution is -2.50. The van der Waals surface area contributed by atoms with Crippen molar-refractivity contribution in [2.24, 2.45) is 0 Å². The van der Waals surface area contributed by atoms with E-state index in [1.165, 1.54) is 12.1 Å². The van der Waals surface area contributed by atoms with Crippen LogP contribution in [0.15, 0.2) is 18.2 Å². The van der Waals surface area contributed by atoms with Gasteiger partial charge in [-0.1, -0.05) is 19.3 Å². The molecule has 0 unspecified atom stereocenters. The first-order valence-corrected chi connectivity index (χ1v) is 10.4. The first-order chi connectivity index (χ1) is 14.4. The number of carbonyl (C=O) groups excluding carboxylic acids is 2. The van der Waals surface area contributed by atoms with Gasteiger partial charge in [-0.05, 0) is 44.2 Å². The van der Waals surface area contributed by atoms with Crippen molar-refractivity contribution in [1.29, 1.82) is 5.26 Å². The predicted octanol–water partition coefficient (Wildman–Crippen LogP) is 3.08. The first kappa shape index (κ1) is 21.6. The number of nitriles is 1. The SMILES string of the molecule is N#CC1(NC(=O)COC(=O)c2ccc(N3CCCCC3)c([N+](=O)[O-])c2)CCCCC1. The van der Waals surface area contributed by atoms with Crippen molar-refractivity contribution in [3.05, 3.63) is 33.9 Å². The van der Waals surface area contributed by atoms with E-state index in [-0.39, 0.29) is 11.3 Å². The van der Waals surface area contributed by atoms with E-state index in [2.05, 4.69) is 11.4 Å². The number of rotatable bonds is 6. The zero-order valence-corrected chi connectivity index (χ0v) is 16.9. The van der Waals surface area contributed by atoms with Crippen molar-refractivity contribution < 1.29 is 19.2 Å². The monoisotopic (exact) mass is 414 g/mol. The number of piperidine rings is 1. The molecular formula is C21H26N4O5. The largest absolute Gasteiger partial charge is 0.452 e. The number of nitro groups is 1. The zero-order valence-electron chi connectivity index (χ0n) is 16.9. The smallest absolute Gasteiger partial charge is 0.338 e. The van der Waals surface area contributed by atoms with Crippen LogP contribution in [0.3, 0.4) is 0 Å². The summed E-state index contributed by atoms with van der Waals surface area (Å²) in [7, 11) is 0. The fourth-order valence-electron chi connectivity index (χ4n) is 4.14. The van der Waals surface area contributed by atoms with Gasteiger partial charge >= 0.3 is 5.97 Å². The number of ether oxygens (including phenoxy) is 1. The fraction of sp³-hybridized carbons (Fsp3) is 0.571. The number of esters is 1. The highest BCUT2D eigenvalue weighted by molar-refractivity contribution is 5.93. The average molecular weight is 414 g/mol. The second-order valence-corrected chi connectivity index (χ2v) is 7.89. The summed E-state index contributed by atoms with van der Waals surface area (Å²) in [6.45, 7) is 0.945. The summed E-state index contributed by atoms with van der Waals surface area (Å²) in [6.07, 6.45) is 6.95. The summed E-state index contributed by atoms with van der Waals surface area (Å²) in [5, 5.41) is 23.6. The second-order valence-electron chi connectivity index (χ2n) is 7.89. The van der Waals surface area contributed by atoms with Crippen molar-refractivity contribution in [3.8, 4) is 6.07 Å². The van der Waals surface area contributed by atoms with Crippen LogP contribution in [0, 0.1) is 21.4 Å². The van der Waals surface area contributed by atoms with Gasteiger partial charge in [0, 0.05) is 19.2 Å². The van der Waals surface area contributed by atoms with Gasteiger partial charge in [0.05, 0.1) is 16.6 Å². The molecule has 0 aromatic heterocycles. The van der Waals surface area contributed by atoms with Gasteiger partial charge in [0.25, 0.3) is 11.6 Å². The van der Waals surface area contributed by atoms with Crippen LogP contribution in [0.1, 0.15) is 61.7 Å². The standard InChI is InChI=1S/C21H26N4O5/c22-15-21(9-3-1-4-10-21)23-19(26)14-30-20(27)16-7-8-17(18(13-16)25(28)29)24-11-5-2-6-12-24/h7-8,13H,1-6,9-12,14H2,(H,23,26).